The summed E-state index contributed by atoms with van der Waals surface area (Å²) >= 11 is 0. The first-order valence-corrected chi connectivity index (χ1v) is 8.01. The normalized spacial score (nSPS) is 14.0. The molecule has 0 atom stereocenters. The van der Waals surface area contributed by atoms with E-state index in [9.17, 15) is 0 Å². The van der Waals surface area contributed by atoms with Crippen LogP contribution >= 0.6 is 0 Å². The largest absolute Gasteiger partial charge is 0.413 e. The average Bonchev–Trinajstić information content (AvgIpc) is 1.96. The molecule has 0 aliphatic carbocycles. The van der Waals surface area contributed by atoms with Gasteiger partial charge in [0.1, 0.15) is 0 Å². The molecule has 0 aromatic heterocycles. The van der Waals surface area contributed by atoms with Gasteiger partial charge in [-0.1, -0.05) is 39.8 Å². The maximum absolute atomic E-state index is 5.95. The molecular weight excluding hydrogens is 176 g/mol. The molecule has 0 amide bonds. The van der Waals surface area contributed by atoms with Gasteiger partial charge in [0.05, 0.1) is 6.61 Å². The predicted octanol–water partition coefficient (Wildman–Crippen LogP) is 3.97. The van der Waals surface area contributed by atoms with E-state index in [4.69, 9.17) is 4.43 Å². The maximum atomic E-state index is 5.95. The molecule has 0 aliphatic heterocycles. The molecule has 78 valence electrons. The van der Waals surface area contributed by atoms with Crippen molar-refractivity contribution in [3.05, 3.63) is 12.2 Å². The molecule has 1 nitrogen and oxygen atoms in total. The molecule has 2 heteroatoms. The molecule has 0 rings (SSSR count). The van der Waals surface area contributed by atoms with E-state index < -0.39 is 8.32 Å². The first-order valence-electron chi connectivity index (χ1n) is 5.10. The molecule has 0 aliphatic rings. The van der Waals surface area contributed by atoms with Gasteiger partial charge in [-0.2, -0.15) is 0 Å². The van der Waals surface area contributed by atoms with Crippen molar-refractivity contribution in [2.45, 2.75) is 52.2 Å². The second-order valence-electron chi connectivity index (χ2n) is 4.95. The van der Waals surface area contributed by atoms with E-state index in [2.05, 4.69) is 52.9 Å². The molecule has 0 saturated heterocycles. The summed E-state index contributed by atoms with van der Waals surface area (Å²) < 4.78 is 5.95. The topological polar surface area (TPSA) is 9.23 Å². The van der Waals surface area contributed by atoms with Crippen LogP contribution < -0.4 is 0 Å². The van der Waals surface area contributed by atoms with E-state index >= 15 is 0 Å². The molecule has 0 spiro atoms. The van der Waals surface area contributed by atoms with Gasteiger partial charge in [-0.3, -0.25) is 0 Å². The van der Waals surface area contributed by atoms with Gasteiger partial charge in [-0.25, -0.2) is 0 Å². The van der Waals surface area contributed by atoms with Crippen molar-refractivity contribution in [3.8, 4) is 0 Å². The molecule has 0 N–H and O–H groups in total. The van der Waals surface area contributed by atoms with E-state index in [1.165, 1.54) is 0 Å². The van der Waals surface area contributed by atoms with Gasteiger partial charge < -0.3 is 4.43 Å². The summed E-state index contributed by atoms with van der Waals surface area (Å²) in [7, 11) is -1.51. The van der Waals surface area contributed by atoms with Gasteiger partial charge in [0, 0.05) is 0 Å². The second kappa shape index (κ2) is 4.96. The molecule has 0 fully saturated rings. The zero-order valence-corrected chi connectivity index (χ0v) is 11.0. The highest BCUT2D eigenvalue weighted by Gasteiger charge is 2.36. The van der Waals surface area contributed by atoms with Crippen LogP contribution in [0, 0.1) is 0 Å². The van der Waals surface area contributed by atoms with Crippen LogP contribution in [0.25, 0.3) is 0 Å². The van der Waals surface area contributed by atoms with Crippen molar-refractivity contribution in [3.63, 3.8) is 0 Å². The average molecular weight is 200 g/mol. The number of allylic oxidation sites excluding steroid dienone is 1. The highest BCUT2D eigenvalue weighted by atomic mass is 28.4. The van der Waals surface area contributed by atoms with Crippen molar-refractivity contribution in [1.82, 2.24) is 0 Å². The van der Waals surface area contributed by atoms with Crippen LogP contribution in [0.4, 0.5) is 0 Å². The van der Waals surface area contributed by atoms with Crippen LogP contribution in [-0.2, 0) is 4.43 Å². The predicted molar refractivity (Wildman–Crippen MR) is 62.6 cm³/mol. The van der Waals surface area contributed by atoms with E-state index in [-0.39, 0.29) is 0 Å². The zero-order valence-electron chi connectivity index (χ0n) is 9.98. The van der Waals surface area contributed by atoms with Crippen LogP contribution in [0.15, 0.2) is 12.2 Å². The molecule has 0 aromatic rings. The SMILES string of the molecule is CCC=CCO[Si](C)(C)C(C)(C)C. The first-order chi connectivity index (χ1) is 5.81. The van der Waals surface area contributed by atoms with Gasteiger partial charge in [-0.05, 0) is 24.6 Å². The molecule has 0 saturated carbocycles. The summed E-state index contributed by atoms with van der Waals surface area (Å²) in [5.74, 6) is 0. The Morgan fingerprint density at radius 3 is 2.08 bits per heavy atom. The van der Waals surface area contributed by atoms with Gasteiger partial charge in [-0.15, -0.1) is 0 Å². The molecule has 0 unspecified atom stereocenters. The second-order valence-corrected chi connectivity index (χ2v) is 9.76. The zero-order chi connectivity index (χ0) is 10.5. The quantitative estimate of drug-likeness (QED) is 0.493. The molecule has 13 heavy (non-hydrogen) atoms. The van der Waals surface area contributed by atoms with Crippen molar-refractivity contribution >= 4 is 8.32 Å². The Kier molecular flexibility index (Phi) is 4.93. The standard InChI is InChI=1S/C11H24OSi/c1-7-8-9-10-12-13(5,6)11(2,3)4/h8-9H,7,10H2,1-6H3. The van der Waals surface area contributed by atoms with Crippen LogP contribution in [0.2, 0.25) is 18.1 Å². The monoisotopic (exact) mass is 200 g/mol. The third kappa shape index (κ3) is 4.63. The van der Waals surface area contributed by atoms with Crippen LogP contribution in [-0.4, -0.2) is 14.9 Å². The minimum Gasteiger partial charge on any atom is -0.413 e. The van der Waals surface area contributed by atoms with Crippen molar-refractivity contribution in [2.24, 2.45) is 0 Å². The molecular formula is C11H24OSi. The minimum atomic E-state index is -1.51. The fraction of sp³-hybridized carbons (Fsp3) is 0.818. The summed E-state index contributed by atoms with van der Waals surface area (Å²) in [6, 6.07) is 0. The molecule has 0 heterocycles. The van der Waals surface area contributed by atoms with Crippen LogP contribution in [0.1, 0.15) is 34.1 Å². The van der Waals surface area contributed by atoms with Gasteiger partial charge in [0.15, 0.2) is 8.32 Å². The Morgan fingerprint density at radius 2 is 1.69 bits per heavy atom. The van der Waals surface area contributed by atoms with E-state index in [0.717, 1.165) is 13.0 Å². The Hall–Kier alpha value is -0.0831. The number of hydrogen-bond acceptors (Lipinski definition) is 1. The van der Waals surface area contributed by atoms with Gasteiger partial charge >= 0.3 is 0 Å². The maximum Gasteiger partial charge on any atom is 0.192 e. The fourth-order valence-corrected chi connectivity index (χ4v) is 1.65. The van der Waals surface area contributed by atoms with E-state index in [1.54, 1.807) is 0 Å². The summed E-state index contributed by atoms with van der Waals surface area (Å²) in [5, 5.41) is 0.326. The Bertz CT molecular complexity index is 165. The smallest absolute Gasteiger partial charge is 0.192 e. The third-order valence-electron chi connectivity index (χ3n) is 2.75. The lowest BCUT2D eigenvalue weighted by atomic mass is 10.2. The lowest BCUT2D eigenvalue weighted by Gasteiger charge is -2.35. The Morgan fingerprint density at radius 1 is 1.15 bits per heavy atom. The minimum absolute atomic E-state index is 0.326. The van der Waals surface area contributed by atoms with Gasteiger partial charge in [0.2, 0.25) is 0 Å². The molecule has 0 radical (unpaired) electrons. The van der Waals surface area contributed by atoms with Gasteiger partial charge in [0.25, 0.3) is 0 Å². The van der Waals surface area contributed by atoms with Crippen molar-refractivity contribution in [1.29, 1.82) is 0 Å². The summed E-state index contributed by atoms with van der Waals surface area (Å²) in [6.07, 6.45) is 5.38. The lowest BCUT2D eigenvalue weighted by Crippen LogP contribution is -2.40. The number of hydrogen-bond donors (Lipinski definition) is 0. The van der Waals surface area contributed by atoms with Crippen LogP contribution in [0.3, 0.4) is 0 Å². The molecule has 0 aromatic carbocycles. The third-order valence-corrected chi connectivity index (χ3v) is 7.25. The highest BCUT2D eigenvalue weighted by Crippen LogP contribution is 2.36. The van der Waals surface area contributed by atoms with Crippen molar-refractivity contribution in [2.75, 3.05) is 6.61 Å². The lowest BCUT2D eigenvalue weighted by molar-refractivity contribution is 0.327. The van der Waals surface area contributed by atoms with E-state index in [0.29, 0.717) is 5.04 Å². The Labute approximate surface area is 84.3 Å². The summed E-state index contributed by atoms with van der Waals surface area (Å²) in [4.78, 5) is 0. The highest BCUT2D eigenvalue weighted by molar-refractivity contribution is 6.74. The van der Waals surface area contributed by atoms with Crippen LogP contribution in [0.5, 0.6) is 0 Å². The summed E-state index contributed by atoms with van der Waals surface area (Å²) in [6.45, 7) is 14.3. The molecule has 0 bridgehead atoms. The number of rotatable bonds is 4. The fourth-order valence-electron chi connectivity index (χ4n) is 0.708. The van der Waals surface area contributed by atoms with E-state index in [1.807, 2.05) is 0 Å². The first kappa shape index (κ1) is 12.9. The Balaban J connectivity index is 3.97. The summed E-state index contributed by atoms with van der Waals surface area (Å²) in [5.41, 5.74) is 0. The van der Waals surface area contributed by atoms with Crippen molar-refractivity contribution < 1.29 is 4.43 Å².